The van der Waals surface area contributed by atoms with Gasteiger partial charge in [-0.25, -0.2) is 0 Å². The molecule has 0 spiro atoms. The van der Waals surface area contributed by atoms with E-state index in [0.29, 0.717) is 26.1 Å². The Hall–Kier alpha value is -1.65. The lowest BCUT2D eigenvalue weighted by Crippen LogP contribution is -2.44. The maximum absolute atomic E-state index is 12.3. The Labute approximate surface area is 132 Å². The van der Waals surface area contributed by atoms with E-state index < -0.39 is 5.60 Å². The molecule has 0 bridgehead atoms. The molecule has 118 valence electrons. The summed E-state index contributed by atoms with van der Waals surface area (Å²) in [6, 6.07) is 9.80. The second-order valence-corrected chi connectivity index (χ2v) is 6.46. The van der Waals surface area contributed by atoms with Crippen LogP contribution in [0.5, 0.6) is 0 Å². The average molecular weight is 300 g/mol. The third-order valence-corrected chi connectivity index (χ3v) is 4.58. The zero-order valence-electron chi connectivity index (χ0n) is 12.9. The highest BCUT2D eigenvalue weighted by Crippen LogP contribution is 2.24. The Morgan fingerprint density at radius 1 is 1.18 bits per heavy atom. The minimum Gasteiger partial charge on any atom is -0.387 e. The number of hydrogen-bond donors (Lipinski definition) is 1. The number of hydrogen-bond acceptors (Lipinski definition) is 3. The van der Waals surface area contributed by atoms with Crippen molar-refractivity contribution in [2.45, 2.75) is 24.9 Å². The van der Waals surface area contributed by atoms with Gasteiger partial charge in [0.05, 0.1) is 12.1 Å². The summed E-state index contributed by atoms with van der Waals surface area (Å²) in [5.41, 5.74) is 0.281. The monoisotopic (exact) mass is 300 g/mol. The number of rotatable bonds is 4. The predicted octanol–water partition coefficient (Wildman–Crippen LogP) is 1.76. The van der Waals surface area contributed by atoms with E-state index in [1.807, 2.05) is 36.4 Å². The van der Waals surface area contributed by atoms with Gasteiger partial charge in [0.25, 0.3) is 0 Å². The molecule has 4 heteroatoms. The van der Waals surface area contributed by atoms with Crippen LogP contribution in [0.2, 0.25) is 0 Å². The van der Waals surface area contributed by atoms with Crippen LogP contribution in [-0.2, 0) is 4.79 Å². The fraction of sp³-hybridized carbons (Fsp3) is 0.500. The molecule has 0 radical (unpaired) electrons. The van der Waals surface area contributed by atoms with Crippen LogP contribution in [0.3, 0.4) is 0 Å². The highest BCUT2D eigenvalue weighted by atomic mass is 16.3. The molecule has 2 aliphatic rings. The summed E-state index contributed by atoms with van der Waals surface area (Å²) >= 11 is 0. The van der Waals surface area contributed by atoms with Crippen LogP contribution in [0.1, 0.15) is 24.8 Å². The molecule has 1 N–H and O–H groups in total. The van der Waals surface area contributed by atoms with Crippen molar-refractivity contribution >= 4 is 12.0 Å². The van der Waals surface area contributed by atoms with Crippen molar-refractivity contribution < 1.29 is 9.90 Å². The van der Waals surface area contributed by atoms with Crippen molar-refractivity contribution in [3.8, 4) is 0 Å². The first-order valence-corrected chi connectivity index (χ1v) is 8.11. The molecule has 2 heterocycles. The van der Waals surface area contributed by atoms with E-state index in [9.17, 15) is 9.90 Å². The zero-order valence-corrected chi connectivity index (χ0v) is 12.9. The van der Waals surface area contributed by atoms with Gasteiger partial charge < -0.3 is 14.9 Å². The fourth-order valence-corrected chi connectivity index (χ4v) is 3.37. The van der Waals surface area contributed by atoms with E-state index in [-0.39, 0.29) is 5.91 Å². The van der Waals surface area contributed by atoms with Gasteiger partial charge in [0.1, 0.15) is 0 Å². The van der Waals surface area contributed by atoms with Gasteiger partial charge in [-0.1, -0.05) is 30.3 Å². The van der Waals surface area contributed by atoms with Crippen LogP contribution in [0.25, 0.3) is 6.08 Å². The van der Waals surface area contributed by atoms with Gasteiger partial charge in [-0.15, -0.1) is 0 Å². The molecule has 0 aromatic heterocycles. The molecule has 0 unspecified atom stereocenters. The minimum absolute atomic E-state index is 0.0128. The van der Waals surface area contributed by atoms with Crippen molar-refractivity contribution in [1.29, 1.82) is 0 Å². The van der Waals surface area contributed by atoms with Gasteiger partial charge in [-0.05, 0) is 44.0 Å². The van der Waals surface area contributed by atoms with Gasteiger partial charge >= 0.3 is 0 Å². The summed E-state index contributed by atoms with van der Waals surface area (Å²) in [6.45, 7) is 3.93. The van der Waals surface area contributed by atoms with E-state index in [2.05, 4.69) is 4.90 Å². The Kier molecular flexibility index (Phi) is 4.60. The summed E-state index contributed by atoms with van der Waals surface area (Å²) in [4.78, 5) is 16.3. The topological polar surface area (TPSA) is 43.8 Å². The fourth-order valence-electron chi connectivity index (χ4n) is 3.37. The van der Waals surface area contributed by atoms with Gasteiger partial charge in [0.15, 0.2) is 0 Å². The molecule has 2 fully saturated rings. The van der Waals surface area contributed by atoms with Crippen LogP contribution in [0, 0.1) is 0 Å². The van der Waals surface area contributed by atoms with Crippen LogP contribution in [0.15, 0.2) is 36.4 Å². The summed E-state index contributed by atoms with van der Waals surface area (Å²) in [5.74, 6) is -0.0128. The van der Waals surface area contributed by atoms with Crippen LogP contribution >= 0.6 is 0 Å². The zero-order chi connectivity index (χ0) is 15.4. The lowest BCUT2D eigenvalue weighted by Gasteiger charge is -2.28. The number of carbonyl (C=O) groups is 1. The number of β-amino-alcohol motifs (C(OH)–C–C–N with tert-alkyl or cyclic N) is 1. The first-order valence-electron chi connectivity index (χ1n) is 8.11. The van der Waals surface area contributed by atoms with Crippen molar-refractivity contribution in [3.05, 3.63) is 42.0 Å². The van der Waals surface area contributed by atoms with E-state index in [0.717, 1.165) is 18.7 Å². The third-order valence-electron chi connectivity index (χ3n) is 4.58. The van der Waals surface area contributed by atoms with Crippen molar-refractivity contribution in [2.24, 2.45) is 0 Å². The third kappa shape index (κ3) is 3.76. The number of benzene rings is 1. The first-order chi connectivity index (χ1) is 10.6. The molecule has 0 saturated carbocycles. The Balaban J connectivity index is 1.55. The van der Waals surface area contributed by atoms with Crippen molar-refractivity contribution in [2.75, 3.05) is 32.7 Å². The van der Waals surface area contributed by atoms with E-state index in [1.54, 1.807) is 11.0 Å². The molecule has 1 amide bonds. The molecule has 0 aliphatic carbocycles. The van der Waals surface area contributed by atoms with Crippen LogP contribution in [0.4, 0.5) is 0 Å². The molecule has 1 atom stereocenters. The Morgan fingerprint density at radius 3 is 2.64 bits per heavy atom. The highest BCUT2D eigenvalue weighted by molar-refractivity contribution is 5.92. The van der Waals surface area contributed by atoms with E-state index in [4.69, 9.17) is 0 Å². The molecule has 1 aromatic rings. The van der Waals surface area contributed by atoms with Gasteiger partial charge in [-0.3, -0.25) is 4.79 Å². The lowest BCUT2D eigenvalue weighted by atomic mass is 10.0. The number of likely N-dealkylation sites (tertiary alicyclic amines) is 2. The second-order valence-electron chi connectivity index (χ2n) is 6.46. The summed E-state index contributed by atoms with van der Waals surface area (Å²) < 4.78 is 0. The quantitative estimate of drug-likeness (QED) is 0.862. The van der Waals surface area contributed by atoms with Gasteiger partial charge in [0.2, 0.25) is 5.91 Å². The Bertz CT molecular complexity index is 537. The normalized spacial score (nSPS) is 26.1. The number of carbonyl (C=O) groups excluding carboxylic acids is 1. The van der Waals surface area contributed by atoms with Crippen LogP contribution < -0.4 is 0 Å². The molecule has 4 nitrogen and oxygen atoms in total. The van der Waals surface area contributed by atoms with E-state index in [1.165, 1.54) is 12.8 Å². The standard InChI is InChI=1S/C18H24N2O2/c21-17(9-8-16-6-2-1-3-7-16)20-13-10-18(22,15-20)14-19-11-4-5-12-19/h1-3,6-9,22H,4-5,10-15H2/b9-8+/t18-/m1/s1. The maximum atomic E-state index is 12.3. The smallest absolute Gasteiger partial charge is 0.246 e. The van der Waals surface area contributed by atoms with Crippen molar-refractivity contribution in [3.63, 3.8) is 0 Å². The van der Waals surface area contributed by atoms with E-state index >= 15 is 0 Å². The summed E-state index contributed by atoms with van der Waals surface area (Å²) in [5, 5.41) is 10.7. The van der Waals surface area contributed by atoms with Crippen molar-refractivity contribution in [1.82, 2.24) is 9.80 Å². The van der Waals surface area contributed by atoms with Crippen LogP contribution in [-0.4, -0.2) is 59.1 Å². The molecular formula is C18H24N2O2. The largest absolute Gasteiger partial charge is 0.387 e. The molecule has 2 aliphatic heterocycles. The Morgan fingerprint density at radius 2 is 1.91 bits per heavy atom. The molecular weight excluding hydrogens is 276 g/mol. The number of nitrogens with zero attached hydrogens (tertiary/aromatic N) is 2. The maximum Gasteiger partial charge on any atom is 0.246 e. The number of aliphatic hydroxyl groups is 1. The van der Waals surface area contributed by atoms with Gasteiger partial charge in [0, 0.05) is 19.2 Å². The predicted molar refractivity (Wildman–Crippen MR) is 87.3 cm³/mol. The summed E-state index contributed by atoms with van der Waals surface area (Å²) in [6.07, 6.45) is 6.56. The molecule has 2 saturated heterocycles. The first kappa shape index (κ1) is 15.3. The summed E-state index contributed by atoms with van der Waals surface area (Å²) in [7, 11) is 0. The SMILES string of the molecule is O=C(/C=C/c1ccccc1)N1CC[C@@](O)(CN2CCCC2)C1. The minimum atomic E-state index is -0.736. The molecule has 3 rings (SSSR count). The highest BCUT2D eigenvalue weighted by Gasteiger charge is 2.39. The lowest BCUT2D eigenvalue weighted by molar-refractivity contribution is -0.126. The number of amides is 1. The molecule has 1 aromatic carbocycles. The second kappa shape index (κ2) is 6.63. The molecule has 22 heavy (non-hydrogen) atoms. The average Bonchev–Trinajstić information content (AvgIpc) is 3.16. The van der Waals surface area contributed by atoms with Gasteiger partial charge in [-0.2, -0.15) is 0 Å².